The second-order valence-electron chi connectivity index (χ2n) is 7.72. The molecule has 31 heavy (non-hydrogen) atoms. The van der Waals surface area contributed by atoms with Crippen molar-refractivity contribution in [1.82, 2.24) is 9.88 Å². The number of pyridine rings is 1. The van der Waals surface area contributed by atoms with Gasteiger partial charge in [-0.2, -0.15) is 0 Å². The Bertz CT molecular complexity index is 1150. The van der Waals surface area contributed by atoms with Gasteiger partial charge in [-0.05, 0) is 48.0 Å². The van der Waals surface area contributed by atoms with E-state index in [-0.39, 0.29) is 0 Å². The van der Waals surface area contributed by atoms with Crippen LogP contribution in [0.2, 0.25) is 0 Å². The molecule has 1 aromatic heterocycles. The second-order valence-corrected chi connectivity index (χ2v) is 9.74. The summed E-state index contributed by atoms with van der Waals surface area (Å²) in [5, 5.41) is 0. The van der Waals surface area contributed by atoms with Gasteiger partial charge in [0.05, 0.1) is 10.6 Å². The summed E-state index contributed by atoms with van der Waals surface area (Å²) in [6.07, 6.45) is 4.88. The summed E-state index contributed by atoms with van der Waals surface area (Å²) in [5.74, 6) is 0. The van der Waals surface area contributed by atoms with Gasteiger partial charge in [0.2, 0.25) is 6.29 Å². The number of anilines is 1. The molecule has 6 nitrogen and oxygen atoms in total. The third-order valence-corrected chi connectivity index (χ3v) is 6.69. The van der Waals surface area contributed by atoms with Crippen LogP contribution in [0.15, 0.2) is 71.8 Å². The number of hydrogen-bond donors (Lipinski definition) is 0. The zero-order valence-electron chi connectivity index (χ0n) is 17.4. The molecule has 7 heteroatoms. The van der Waals surface area contributed by atoms with Crippen molar-refractivity contribution in [3.63, 3.8) is 0 Å². The first kappa shape index (κ1) is 21.2. The van der Waals surface area contributed by atoms with Crippen LogP contribution in [0.1, 0.15) is 11.1 Å². The maximum absolute atomic E-state index is 11.7. The summed E-state index contributed by atoms with van der Waals surface area (Å²) >= 11 is 0. The lowest BCUT2D eigenvalue weighted by atomic mass is 10.1. The monoisotopic (exact) mass is 434 g/mol. The highest BCUT2D eigenvalue weighted by Crippen LogP contribution is 2.25. The second kappa shape index (κ2) is 8.99. The Morgan fingerprint density at radius 2 is 1.61 bits per heavy atom. The van der Waals surface area contributed by atoms with E-state index in [0.717, 1.165) is 55.2 Å². The Hall–Kier alpha value is -3.03. The number of aromatic nitrogens is 1. The molecule has 1 saturated heterocycles. The molecule has 1 aliphatic rings. The fourth-order valence-corrected chi connectivity index (χ4v) is 4.46. The van der Waals surface area contributed by atoms with Gasteiger partial charge in [-0.3, -0.25) is 14.7 Å². The largest absolute Gasteiger partial charge is 0.369 e. The Balaban J connectivity index is 1.44. The standard InChI is InChI=1S/C24H24N3O3S/c1-31(29,30)23-10-6-20(7-11-23)24-21(3-2-12-25-24)17-26-13-15-27(16-14-26)22-8-4-19(18-28)5-9-22/h2-12H,13-17H2,1H3. The van der Waals surface area contributed by atoms with Crippen LogP contribution in [0.5, 0.6) is 0 Å². The minimum atomic E-state index is -3.22. The van der Waals surface area contributed by atoms with E-state index in [1.807, 2.05) is 36.6 Å². The average molecular weight is 435 g/mol. The number of hydrogen-bond acceptors (Lipinski definition) is 6. The molecule has 1 aliphatic heterocycles. The quantitative estimate of drug-likeness (QED) is 0.594. The fraction of sp³-hybridized carbons (Fsp3) is 0.250. The molecule has 0 bridgehead atoms. The van der Waals surface area contributed by atoms with Crippen molar-refractivity contribution in [2.75, 3.05) is 37.3 Å². The first-order chi connectivity index (χ1) is 14.9. The van der Waals surface area contributed by atoms with E-state index in [4.69, 9.17) is 0 Å². The van der Waals surface area contributed by atoms with Crippen LogP contribution in [0.4, 0.5) is 5.69 Å². The summed E-state index contributed by atoms with van der Waals surface area (Å²) in [4.78, 5) is 20.3. The zero-order chi connectivity index (χ0) is 21.8. The Morgan fingerprint density at radius 3 is 2.23 bits per heavy atom. The maximum atomic E-state index is 11.7. The van der Waals surface area contributed by atoms with Gasteiger partial charge in [-0.25, -0.2) is 8.42 Å². The van der Waals surface area contributed by atoms with Crippen molar-refractivity contribution < 1.29 is 13.2 Å². The van der Waals surface area contributed by atoms with Gasteiger partial charge in [0.25, 0.3) is 0 Å². The highest BCUT2D eigenvalue weighted by atomic mass is 32.2. The molecule has 0 saturated carbocycles. The zero-order valence-corrected chi connectivity index (χ0v) is 18.2. The number of rotatable bonds is 6. The van der Waals surface area contributed by atoms with Crippen LogP contribution < -0.4 is 4.90 Å². The van der Waals surface area contributed by atoms with Crippen molar-refractivity contribution in [3.05, 3.63) is 78.0 Å². The molecule has 1 fully saturated rings. The van der Waals surface area contributed by atoms with Gasteiger partial charge in [-0.15, -0.1) is 0 Å². The van der Waals surface area contributed by atoms with Crippen LogP contribution in [-0.2, 0) is 21.2 Å². The smallest absolute Gasteiger partial charge is 0.233 e. The van der Waals surface area contributed by atoms with Gasteiger partial charge < -0.3 is 4.90 Å². The predicted molar refractivity (Wildman–Crippen MR) is 122 cm³/mol. The lowest BCUT2D eigenvalue weighted by molar-refractivity contribution is 0.250. The minimum Gasteiger partial charge on any atom is -0.369 e. The van der Waals surface area contributed by atoms with E-state index in [9.17, 15) is 13.2 Å². The van der Waals surface area contributed by atoms with Crippen molar-refractivity contribution in [3.8, 4) is 11.3 Å². The SMILES string of the molecule is CS(=O)(=O)c1ccc(-c2ncccc2CN2CCN(c3ccc([C]=O)cc3)CC2)cc1. The number of carbonyl (C=O) groups excluding carboxylic acids is 1. The van der Waals surface area contributed by atoms with Gasteiger partial charge in [0.1, 0.15) is 0 Å². The molecule has 159 valence electrons. The average Bonchev–Trinajstić information content (AvgIpc) is 2.80. The lowest BCUT2D eigenvalue weighted by Gasteiger charge is -2.36. The van der Waals surface area contributed by atoms with E-state index in [2.05, 4.69) is 20.9 Å². The van der Waals surface area contributed by atoms with Crippen molar-refractivity contribution in [1.29, 1.82) is 0 Å². The van der Waals surface area contributed by atoms with Crippen LogP contribution in [0.3, 0.4) is 0 Å². The summed E-state index contributed by atoms with van der Waals surface area (Å²) < 4.78 is 23.5. The number of sulfone groups is 1. The van der Waals surface area contributed by atoms with Crippen LogP contribution in [0.25, 0.3) is 11.3 Å². The Labute approximate surface area is 183 Å². The molecule has 2 aromatic carbocycles. The maximum Gasteiger partial charge on any atom is 0.233 e. The van der Waals surface area contributed by atoms with Gasteiger partial charge in [0, 0.05) is 62.0 Å². The van der Waals surface area contributed by atoms with E-state index < -0.39 is 9.84 Å². The lowest BCUT2D eigenvalue weighted by Crippen LogP contribution is -2.46. The van der Waals surface area contributed by atoms with Crippen LogP contribution in [-0.4, -0.2) is 57.0 Å². The van der Waals surface area contributed by atoms with Crippen molar-refractivity contribution >= 4 is 21.8 Å². The molecule has 0 unspecified atom stereocenters. The summed E-state index contributed by atoms with van der Waals surface area (Å²) in [5.41, 5.74) is 4.59. The van der Waals surface area contributed by atoms with Crippen LogP contribution >= 0.6 is 0 Å². The third-order valence-electron chi connectivity index (χ3n) is 5.56. The summed E-state index contributed by atoms with van der Waals surface area (Å²) in [6.45, 7) is 4.43. The molecule has 0 amide bonds. The van der Waals surface area contributed by atoms with E-state index in [0.29, 0.717) is 10.5 Å². The number of nitrogens with zero attached hydrogens (tertiary/aromatic N) is 3. The van der Waals surface area contributed by atoms with Gasteiger partial charge >= 0.3 is 0 Å². The van der Waals surface area contributed by atoms with Crippen LogP contribution in [0, 0.1) is 0 Å². The number of piperazine rings is 1. The first-order valence-corrected chi connectivity index (χ1v) is 12.0. The van der Waals surface area contributed by atoms with Gasteiger partial charge in [0.15, 0.2) is 9.84 Å². The van der Waals surface area contributed by atoms with E-state index in [1.54, 1.807) is 30.5 Å². The molecular weight excluding hydrogens is 410 g/mol. The fourth-order valence-electron chi connectivity index (χ4n) is 3.83. The molecule has 0 N–H and O–H groups in total. The van der Waals surface area contributed by atoms with E-state index in [1.165, 1.54) is 6.26 Å². The number of benzene rings is 2. The third kappa shape index (κ3) is 5.00. The molecular formula is C24H24N3O3S. The molecule has 0 spiro atoms. The molecule has 0 atom stereocenters. The normalized spacial score (nSPS) is 15.1. The molecule has 0 aliphatic carbocycles. The molecule has 2 heterocycles. The first-order valence-electron chi connectivity index (χ1n) is 10.1. The minimum absolute atomic E-state index is 0.309. The predicted octanol–water partition coefficient (Wildman–Crippen LogP) is 2.93. The summed E-state index contributed by atoms with van der Waals surface area (Å²) in [7, 11) is -3.22. The Kier molecular flexibility index (Phi) is 6.15. The van der Waals surface area contributed by atoms with Crippen molar-refractivity contribution in [2.24, 2.45) is 0 Å². The molecule has 1 radical (unpaired) electrons. The molecule has 4 rings (SSSR count). The highest BCUT2D eigenvalue weighted by molar-refractivity contribution is 7.90. The summed E-state index contributed by atoms with van der Waals surface area (Å²) in [6, 6.07) is 18.5. The van der Waals surface area contributed by atoms with Gasteiger partial charge in [-0.1, -0.05) is 18.2 Å². The highest BCUT2D eigenvalue weighted by Gasteiger charge is 2.19. The van der Waals surface area contributed by atoms with E-state index >= 15 is 0 Å². The topological polar surface area (TPSA) is 70.6 Å². The Morgan fingerprint density at radius 1 is 0.935 bits per heavy atom. The molecule has 3 aromatic rings. The van der Waals surface area contributed by atoms with Crippen molar-refractivity contribution in [2.45, 2.75) is 11.4 Å².